The molecule has 15 heavy (non-hydrogen) atoms. The maximum atomic E-state index is 11.0. The molecule has 0 heterocycles. The predicted octanol–water partition coefficient (Wildman–Crippen LogP) is 0.658. The fourth-order valence-corrected chi connectivity index (χ4v) is 1.21. The van der Waals surface area contributed by atoms with E-state index in [9.17, 15) is 9.59 Å². The van der Waals surface area contributed by atoms with E-state index in [2.05, 4.69) is 5.32 Å². The summed E-state index contributed by atoms with van der Waals surface area (Å²) in [6.45, 7) is 3.78. The molecule has 0 bridgehead atoms. The summed E-state index contributed by atoms with van der Waals surface area (Å²) in [5.74, 6) is -1.72. The fourth-order valence-electron chi connectivity index (χ4n) is 1.21. The van der Waals surface area contributed by atoms with Crippen LogP contribution in [0.1, 0.15) is 24.1 Å². The van der Waals surface area contributed by atoms with Crippen LogP contribution in [0.15, 0.2) is 24.3 Å². The van der Waals surface area contributed by atoms with Crippen LogP contribution in [0.3, 0.4) is 0 Å². The van der Waals surface area contributed by atoms with Crippen LogP contribution in [0.25, 0.3) is 0 Å². The van der Waals surface area contributed by atoms with Crippen LogP contribution in [0.5, 0.6) is 0 Å². The molecule has 0 spiro atoms. The Labute approximate surface area is 88.5 Å². The molecule has 1 aromatic carbocycles. The molecule has 0 saturated heterocycles. The molecule has 0 aliphatic heterocycles. The van der Waals surface area contributed by atoms with E-state index >= 15 is 0 Å². The van der Waals surface area contributed by atoms with Gasteiger partial charge in [0.2, 0.25) is 0 Å². The molecule has 0 fully saturated rings. The topological polar surface area (TPSA) is 72.2 Å². The molecule has 80 valence electrons. The maximum absolute atomic E-state index is 11.0. The van der Waals surface area contributed by atoms with Crippen LogP contribution in [0, 0.1) is 6.92 Å². The number of carbonyl (C=O) groups is 2. The number of carbonyl (C=O) groups excluding carboxylic acids is 2. The van der Waals surface area contributed by atoms with Gasteiger partial charge in [0.05, 0.1) is 6.04 Å². The molecule has 1 atom stereocenters. The second-order valence-corrected chi connectivity index (χ2v) is 3.47. The number of aryl methyl sites for hydroxylation is 1. The van der Waals surface area contributed by atoms with E-state index in [0.717, 1.165) is 11.1 Å². The number of hydrogen-bond acceptors (Lipinski definition) is 2. The highest BCUT2D eigenvalue weighted by Crippen LogP contribution is 2.12. The molecule has 0 radical (unpaired) electrons. The Balaban J connectivity index is 2.69. The van der Waals surface area contributed by atoms with Crippen molar-refractivity contribution in [1.82, 2.24) is 5.32 Å². The van der Waals surface area contributed by atoms with Crippen molar-refractivity contribution in [2.45, 2.75) is 19.9 Å². The quantitative estimate of drug-likeness (QED) is 0.697. The van der Waals surface area contributed by atoms with Crippen molar-refractivity contribution in [1.29, 1.82) is 0 Å². The minimum atomic E-state index is -0.964. The first-order chi connectivity index (χ1) is 7.00. The van der Waals surface area contributed by atoms with E-state index in [-0.39, 0.29) is 6.04 Å². The summed E-state index contributed by atoms with van der Waals surface area (Å²) in [6, 6.07) is 7.48. The van der Waals surface area contributed by atoms with Crippen molar-refractivity contribution in [2.24, 2.45) is 5.73 Å². The van der Waals surface area contributed by atoms with E-state index in [1.54, 1.807) is 6.92 Å². The van der Waals surface area contributed by atoms with Gasteiger partial charge in [-0.05, 0) is 19.4 Å². The Hall–Kier alpha value is -1.84. The highest BCUT2D eigenvalue weighted by atomic mass is 16.2. The second-order valence-electron chi connectivity index (χ2n) is 3.47. The molecule has 0 aromatic heterocycles. The molecule has 1 unspecified atom stereocenters. The van der Waals surface area contributed by atoms with Crippen molar-refractivity contribution in [3.63, 3.8) is 0 Å². The Bertz CT molecular complexity index is 371. The molecule has 3 N–H and O–H groups in total. The molecule has 4 heteroatoms. The number of rotatable bonds is 2. The van der Waals surface area contributed by atoms with Crippen molar-refractivity contribution in [3.05, 3.63) is 35.4 Å². The molecule has 2 amide bonds. The lowest BCUT2D eigenvalue weighted by Crippen LogP contribution is -2.37. The average Bonchev–Trinajstić information content (AvgIpc) is 2.18. The predicted molar refractivity (Wildman–Crippen MR) is 56.9 cm³/mol. The summed E-state index contributed by atoms with van der Waals surface area (Å²) in [6.07, 6.45) is 0. The van der Waals surface area contributed by atoms with Gasteiger partial charge in [-0.2, -0.15) is 0 Å². The van der Waals surface area contributed by atoms with Crippen molar-refractivity contribution in [3.8, 4) is 0 Å². The first kappa shape index (κ1) is 11.2. The van der Waals surface area contributed by atoms with Crippen LogP contribution in [-0.4, -0.2) is 11.8 Å². The van der Waals surface area contributed by atoms with Gasteiger partial charge >= 0.3 is 11.8 Å². The highest BCUT2D eigenvalue weighted by Gasteiger charge is 2.13. The number of hydrogen-bond donors (Lipinski definition) is 2. The molecular weight excluding hydrogens is 192 g/mol. The largest absolute Gasteiger partial charge is 0.361 e. The van der Waals surface area contributed by atoms with Crippen LogP contribution in [-0.2, 0) is 9.59 Å². The third kappa shape index (κ3) is 3.09. The number of amides is 2. The van der Waals surface area contributed by atoms with Gasteiger partial charge in [-0.1, -0.05) is 29.8 Å². The number of nitrogens with two attached hydrogens (primary N) is 1. The van der Waals surface area contributed by atoms with Crippen molar-refractivity contribution >= 4 is 11.8 Å². The van der Waals surface area contributed by atoms with Crippen LogP contribution < -0.4 is 11.1 Å². The zero-order valence-corrected chi connectivity index (χ0v) is 8.78. The van der Waals surface area contributed by atoms with Crippen LogP contribution in [0.4, 0.5) is 0 Å². The third-order valence-corrected chi connectivity index (χ3v) is 2.15. The number of nitrogens with one attached hydrogen (secondary N) is 1. The normalized spacial score (nSPS) is 11.9. The summed E-state index contributed by atoms with van der Waals surface area (Å²) in [7, 11) is 0. The summed E-state index contributed by atoms with van der Waals surface area (Å²) >= 11 is 0. The van der Waals surface area contributed by atoms with Gasteiger partial charge < -0.3 is 11.1 Å². The summed E-state index contributed by atoms with van der Waals surface area (Å²) in [4.78, 5) is 21.5. The van der Waals surface area contributed by atoms with E-state index in [1.165, 1.54) is 0 Å². The van der Waals surface area contributed by atoms with Gasteiger partial charge in [0.15, 0.2) is 0 Å². The Morgan fingerprint density at radius 1 is 1.27 bits per heavy atom. The van der Waals surface area contributed by atoms with Crippen molar-refractivity contribution in [2.75, 3.05) is 0 Å². The molecule has 1 aromatic rings. The first-order valence-corrected chi connectivity index (χ1v) is 4.67. The highest BCUT2D eigenvalue weighted by molar-refractivity contribution is 6.34. The number of benzene rings is 1. The molecule has 0 saturated carbocycles. The smallest absolute Gasteiger partial charge is 0.309 e. The lowest BCUT2D eigenvalue weighted by Gasteiger charge is -2.12. The van der Waals surface area contributed by atoms with E-state index in [0.29, 0.717) is 0 Å². The van der Waals surface area contributed by atoms with Gasteiger partial charge in [0.25, 0.3) is 0 Å². The third-order valence-electron chi connectivity index (χ3n) is 2.15. The number of primary amides is 1. The van der Waals surface area contributed by atoms with E-state index < -0.39 is 11.8 Å². The van der Waals surface area contributed by atoms with Gasteiger partial charge in [-0.3, -0.25) is 9.59 Å². The van der Waals surface area contributed by atoms with E-state index in [4.69, 9.17) is 5.73 Å². The van der Waals surface area contributed by atoms with Gasteiger partial charge in [-0.25, -0.2) is 0 Å². The average molecular weight is 206 g/mol. The molecule has 4 nitrogen and oxygen atoms in total. The Morgan fingerprint density at radius 2 is 1.80 bits per heavy atom. The first-order valence-electron chi connectivity index (χ1n) is 4.67. The lowest BCUT2D eigenvalue weighted by molar-refractivity contribution is -0.137. The maximum Gasteiger partial charge on any atom is 0.309 e. The summed E-state index contributed by atoms with van der Waals surface area (Å²) < 4.78 is 0. The minimum absolute atomic E-state index is 0.217. The SMILES string of the molecule is Cc1ccc(C(C)NC(=O)C(N)=O)cc1. The zero-order chi connectivity index (χ0) is 11.4. The van der Waals surface area contributed by atoms with Gasteiger partial charge in [0, 0.05) is 0 Å². The summed E-state index contributed by atoms with van der Waals surface area (Å²) in [5, 5.41) is 2.50. The van der Waals surface area contributed by atoms with Crippen molar-refractivity contribution < 1.29 is 9.59 Å². The Morgan fingerprint density at radius 3 is 2.27 bits per heavy atom. The lowest BCUT2D eigenvalue weighted by atomic mass is 10.1. The van der Waals surface area contributed by atoms with Crippen LogP contribution in [0.2, 0.25) is 0 Å². The van der Waals surface area contributed by atoms with Gasteiger partial charge in [-0.15, -0.1) is 0 Å². The second kappa shape index (κ2) is 4.59. The van der Waals surface area contributed by atoms with E-state index in [1.807, 2.05) is 31.2 Å². The fraction of sp³-hybridized carbons (Fsp3) is 0.273. The molecule has 1 rings (SSSR count). The van der Waals surface area contributed by atoms with Gasteiger partial charge in [0.1, 0.15) is 0 Å². The van der Waals surface area contributed by atoms with Crippen LogP contribution >= 0.6 is 0 Å². The minimum Gasteiger partial charge on any atom is -0.361 e. The standard InChI is InChI=1S/C11H14N2O2/c1-7-3-5-9(6-4-7)8(2)13-11(15)10(12)14/h3-6,8H,1-2H3,(H2,12,14)(H,13,15). The molecule has 0 aliphatic rings. The zero-order valence-electron chi connectivity index (χ0n) is 8.78. The molecule has 0 aliphatic carbocycles. The summed E-state index contributed by atoms with van der Waals surface area (Å²) in [5.41, 5.74) is 6.92. The molecular formula is C11H14N2O2. The Kier molecular flexibility index (Phi) is 3.44. The monoisotopic (exact) mass is 206 g/mol.